The molecule has 33 heavy (non-hydrogen) atoms. The summed E-state index contributed by atoms with van der Waals surface area (Å²) in [7, 11) is 4.44. The molecule has 0 saturated carbocycles. The number of Topliss-reactive ketones (excluding diaryl/α,β-unsaturated/α-hetero) is 1. The molecule has 0 bridgehead atoms. The van der Waals surface area contributed by atoms with Crippen LogP contribution in [0.1, 0.15) is 38.8 Å². The molecule has 3 aromatic carbocycles. The number of ketones is 1. The number of hydrogen-bond acceptors (Lipinski definition) is 6. The number of anilines is 1. The highest BCUT2D eigenvalue weighted by Crippen LogP contribution is 2.49. The number of methoxy groups -OCH3 is 3. The summed E-state index contributed by atoms with van der Waals surface area (Å²) >= 11 is 5.98. The molecule has 0 saturated heterocycles. The minimum absolute atomic E-state index is 0.102. The fourth-order valence-corrected chi connectivity index (χ4v) is 3.98. The average molecular weight is 468 g/mol. The van der Waals surface area contributed by atoms with E-state index in [-0.39, 0.29) is 23.9 Å². The van der Waals surface area contributed by atoms with Gasteiger partial charge in [0.25, 0.3) is 5.91 Å². The van der Waals surface area contributed by atoms with Gasteiger partial charge in [-0.15, -0.1) is 0 Å². The Morgan fingerprint density at radius 3 is 2.45 bits per heavy atom. The second kappa shape index (κ2) is 9.42. The number of carbonyl (C=O) groups is 2. The maximum Gasteiger partial charge on any atom is 0.255 e. The van der Waals surface area contributed by atoms with E-state index in [1.54, 1.807) is 48.5 Å². The van der Waals surface area contributed by atoms with Gasteiger partial charge < -0.3 is 24.3 Å². The topological polar surface area (TPSA) is 83.1 Å². The van der Waals surface area contributed by atoms with Crippen molar-refractivity contribution >= 4 is 29.0 Å². The van der Waals surface area contributed by atoms with Gasteiger partial charge in [0.05, 0.1) is 27.8 Å². The Bertz CT molecular complexity index is 1230. The third kappa shape index (κ3) is 4.45. The smallest absolute Gasteiger partial charge is 0.255 e. The highest BCUT2D eigenvalue weighted by Gasteiger charge is 2.34. The van der Waals surface area contributed by atoms with Gasteiger partial charge in [0.1, 0.15) is 17.4 Å². The van der Waals surface area contributed by atoms with Crippen molar-refractivity contribution in [2.75, 3.05) is 26.6 Å². The van der Waals surface area contributed by atoms with Crippen molar-refractivity contribution in [3.63, 3.8) is 0 Å². The van der Waals surface area contributed by atoms with Gasteiger partial charge in [-0.1, -0.05) is 29.8 Å². The van der Waals surface area contributed by atoms with Crippen molar-refractivity contribution in [1.82, 2.24) is 0 Å². The Kier molecular flexibility index (Phi) is 6.42. The molecule has 1 amide bonds. The summed E-state index contributed by atoms with van der Waals surface area (Å²) in [4.78, 5) is 25.6. The average Bonchev–Trinajstić information content (AvgIpc) is 2.82. The van der Waals surface area contributed by atoms with Crippen LogP contribution < -0.4 is 24.3 Å². The summed E-state index contributed by atoms with van der Waals surface area (Å²) < 4.78 is 22.4. The van der Waals surface area contributed by atoms with E-state index in [9.17, 15) is 9.59 Å². The van der Waals surface area contributed by atoms with Gasteiger partial charge in [-0.25, -0.2) is 0 Å². The van der Waals surface area contributed by atoms with Crippen molar-refractivity contribution in [3.05, 3.63) is 76.3 Å². The summed E-state index contributed by atoms with van der Waals surface area (Å²) in [6.45, 7) is 0. The van der Waals surface area contributed by atoms with Crippen molar-refractivity contribution in [1.29, 1.82) is 0 Å². The molecule has 8 heteroatoms. The first-order chi connectivity index (χ1) is 15.9. The SMILES string of the molecule is COc1cc2c(c(OC)c1OC)C(=O)CC(c1cccc(NC(=O)c3cccc(Cl)c3)c1)O2. The molecule has 170 valence electrons. The number of halogens is 1. The number of fused-ring (bicyclic) bond motifs is 1. The molecule has 1 unspecified atom stereocenters. The van der Waals surface area contributed by atoms with E-state index in [0.717, 1.165) is 5.56 Å². The molecule has 1 aliphatic rings. The summed E-state index contributed by atoms with van der Waals surface area (Å²) in [5.74, 6) is 0.913. The Morgan fingerprint density at radius 1 is 1.00 bits per heavy atom. The Morgan fingerprint density at radius 2 is 1.76 bits per heavy atom. The summed E-state index contributed by atoms with van der Waals surface area (Å²) in [6.07, 6.45) is -0.444. The van der Waals surface area contributed by atoms with Crippen LogP contribution in [0.2, 0.25) is 5.02 Å². The zero-order valence-corrected chi connectivity index (χ0v) is 19.1. The first kappa shape index (κ1) is 22.5. The number of amides is 1. The normalized spacial score (nSPS) is 14.7. The minimum atomic E-state index is -0.546. The van der Waals surface area contributed by atoms with Crippen LogP contribution in [0.5, 0.6) is 23.0 Å². The van der Waals surface area contributed by atoms with Crippen LogP contribution in [-0.4, -0.2) is 33.0 Å². The highest BCUT2D eigenvalue weighted by atomic mass is 35.5. The van der Waals surface area contributed by atoms with Crippen LogP contribution in [0.15, 0.2) is 54.6 Å². The van der Waals surface area contributed by atoms with Crippen LogP contribution in [0.25, 0.3) is 0 Å². The van der Waals surface area contributed by atoms with Crippen LogP contribution in [0.4, 0.5) is 5.69 Å². The largest absolute Gasteiger partial charge is 0.493 e. The lowest BCUT2D eigenvalue weighted by Crippen LogP contribution is -2.22. The van der Waals surface area contributed by atoms with Gasteiger partial charge >= 0.3 is 0 Å². The molecule has 4 rings (SSSR count). The van der Waals surface area contributed by atoms with Gasteiger partial charge in [-0.3, -0.25) is 9.59 Å². The molecule has 0 spiro atoms. The molecule has 1 aliphatic heterocycles. The molecular weight excluding hydrogens is 446 g/mol. The molecule has 0 fully saturated rings. The number of benzene rings is 3. The third-order valence-electron chi connectivity index (χ3n) is 5.32. The first-order valence-electron chi connectivity index (χ1n) is 10.1. The predicted molar refractivity (Wildman–Crippen MR) is 124 cm³/mol. The lowest BCUT2D eigenvalue weighted by atomic mass is 9.94. The molecule has 0 aromatic heterocycles. The van der Waals surface area contributed by atoms with Crippen molar-refractivity contribution < 1.29 is 28.5 Å². The maximum atomic E-state index is 13.1. The van der Waals surface area contributed by atoms with Gasteiger partial charge in [-0.05, 0) is 35.9 Å². The third-order valence-corrected chi connectivity index (χ3v) is 5.55. The van der Waals surface area contributed by atoms with E-state index in [4.69, 9.17) is 30.5 Å². The Balaban J connectivity index is 1.62. The molecule has 0 aliphatic carbocycles. The van der Waals surface area contributed by atoms with Crippen LogP contribution in [0, 0.1) is 0 Å². The molecule has 1 atom stereocenters. The van der Waals surface area contributed by atoms with E-state index < -0.39 is 6.10 Å². The number of carbonyl (C=O) groups excluding carboxylic acids is 2. The predicted octanol–water partition coefficient (Wildman–Crippen LogP) is 5.32. The monoisotopic (exact) mass is 467 g/mol. The van der Waals surface area contributed by atoms with Crippen LogP contribution in [0.3, 0.4) is 0 Å². The summed E-state index contributed by atoms with van der Waals surface area (Å²) in [5, 5.41) is 3.33. The summed E-state index contributed by atoms with van der Waals surface area (Å²) in [5.41, 5.74) is 2.08. The van der Waals surface area contributed by atoms with E-state index >= 15 is 0 Å². The second-order valence-corrected chi connectivity index (χ2v) is 7.78. The van der Waals surface area contributed by atoms with Gasteiger partial charge in [0, 0.05) is 22.3 Å². The number of hydrogen-bond donors (Lipinski definition) is 1. The van der Waals surface area contributed by atoms with Crippen LogP contribution >= 0.6 is 11.6 Å². The van der Waals surface area contributed by atoms with Crippen molar-refractivity contribution in [3.8, 4) is 23.0 Å². The molecule has 3 aromatic rings. The molecular formula is C25H22ClNO6. The van der Waals surface area contributed by atoms with E-state index in [1.807, 2.05) is 6.07 Å². The summed E-state index contributed by atoms with van der Waals surface area (Å²) in [6, 6.07) is 15.5. The van der Waals surface area contributed by atoms with Crippen molar-refractivity contribution in [2.45, 2.75) is 12.5 Å². The van der Waals surface area contributed by atoms with Crippen LogP contribution in [-0.2, 0) is 0 Å². The number of ether oxygens (including phenoxy) is 4. The zero-order chi connectivity index (χ0) is 23.5. The van der Waals surface area contributed by atoms with Gasteiger partial charge in [-0.2, -0.15) is 0 Å². The maximum absolute atomic E-state index is 13.1. The lowest BCUT2D eigenvalue weighted by Gasteiger charge is -2.28. The van der Waals surface area contributed by atoms with Gasteiger partial charge in [0.15, 0.2) is 17.3 Å². The Hall–Kier alpha value is -3.71. The number of nitrogens with one attached hydrogen (secondary N) is 1. The fourth-order valence-electron chi connectivity index (χ4n) is 3.79. The van der Waals surface area contributed by atoms with E-state index in [0.29, 0.717) is 39.1 Å². The minimum Gasteiger partial charge on any atom is -0.493 e. The fraction of sp³-hybridized carbons (Fsp3) is 0.200. The standard InChI is InChI=1S/C25H22ClNO6/c1-30-21-13-20-22(24(32-3)23(21)31-2)18(28)12-19(33-20)14-6-5-9-17(11-14)27-25(29)15-7-4-8-16(26)10-15/h4-11,13,19H,12H2,1-3H3,(H,27,29). The highest BCUT2D eigenvalue weighted by molar-refractivity contribution is 6.31. The second-order valence-electron chi connectivity index (χ2n) is 7.34. The lowest BCUT2D eigenvalue weighted by molar-refractivity contribution is 0.0842. The van der Waals surface area contributed by atoms with E-state index in [2.05, 4.69) is 5.32 Å². The first-order valence-corrected chi connectivity index (χ1v) is 10.5. The molecule has 0 radical (unpaired) electrons. The molecule has 1 N–H and O–H groups in total. The number of rotatable bonds is 6. The van der Waals surface area contributed by atoms with E-state index in [1.165, 1.54) is 21.3 Å². The van der Waals surface area contributed by atoms with Crippen molar-refractivity contribution in [2.24, 2.45) is 0 Å². The Labute approximate surface area is 196 Å². The molecule has 7 nitrogen and oxygen atoms in total. The molecule has 1 heterocycles. The zero-order valence-electron chi connectivity index (χ0n) is 18.3. The quantitative estimate of drug-likeness (QED) is 0.528. The van der Waals surface area contributed by atoms with Gasteiger partial charge in [0.2, 0.25) is 5.75 Å².